The minimum atomic E-state index is -0.283. The molecule has 2 amide bonds. The van der Waals surface area contributed by atoms with Crippen LogP contribution >= 0.6 is 11.8 Å². The number of hydrogen-bond acceptors (Lipinski definition) is 6. The summed E-state index contributed by atoms with van der Waals surface area (Å²) in [6.07, 6.45) is 2.91. The summed E-state index contributed by atoms with van der Waals surface area (Å²) >= 11 is 1.50. The van der Waals surface area contributed by atoms with Crippen molar-refractivity contribution < 1.29 is 14.1 Å². The zero-order valence-electron chi connectivity index (χ0n) is 14.9. The predicted molar refractivity (Wildman–Crippen MR) is 97.6 cm³/mol. The van der Waals surface area contributed by atoms with Crippen molar-refractivity contribution in [1.82, 2.24) is 15.0 Å². The molecule has 0 atom stereocenters. The molecule has 138 valence electrons. The average Bonchev–Trinajstić information content (AvgIpc) is 2.97. The van der Waals surface area contributed by atoms with E-state index in [1.165, 1.54) is 11.8 Å². The Morgan fingerprint density at radius 1 is 1.35 bits per heavy atom. The Bertz CT molecular complexity index is 793. The topological polar surface area (TPSA) is 102 Å². The van der Waals surface area contributed by atoms with Crippen molar-refractivity contribution in [2.75, 3.05) is 13.1 Å². The quantitative estimate of drug-likeness (QED) is 0.806. The molecule has 0 aliphatic carbocycles. The van der Waals surface area contributed by atoms with Crippen LogP contribution in [0.3, 0.4) is 0 Å². The van der Waals surface area contributed by atoms with Crippen molar-refractivity contribution in [2.24, 2.45) is 11.7 Å². The van der Waals surface area contributed by atoms with Crippen LogP contribution in [-0.4, -0.2) is 39.9 Å². The van der Waals surface area contributed by atoms with E-state index < -0.39 is 0 Å². The maximum Gasteiger partial charge on any atom is 0.256 e. The van der Waals surface area contributed by atoms with Crippen molar-refractivity contribution in [3.05, 3.63) is 40.9 Å². The van der Waals surface area contributed by atoms with Gasteiger partial charge in [0.15, 0.2) is 0 Å². The van der Waals surface area contributed by atoms with Gasteiger partial charge in [-0.25, -0.2) is 4.98 Å². The highest BCUT2D eigenvalue weighted by atomic mass is 32.2. The van der Waals surface area contributed by atoms with E-state index in [9.17, 15) is 9.59 Å². The molecular formula is C18H22N4O3S. The molecule has 26 heavy (non-hydrogen) atoms. The minimum absolute atomic E-state index is 0.0534. The number of carbonyl (C=O) groups is 2. The Kier molecular flexibility index (Phi) is 5.61. The number of likely N-dealkylation sites (tertiary alicyclic amines) is 1. The van der Waals surface area contributed by atoms with Gasteiger partial charge in [0.1, 0.15) is 10.8 Å². The first-order chi connectivity index (χ1) is 12.5. The third-order valence-electron chi connectivity index (χ3n) is 4.72. The van der Waals surface area contributed by atoms with Crippen LogP contribution in [0.25, 0.3) is 0 Å². The maximum atomic E-state index is 12.9. The molecule has 7 nitrogen and oxygen atoms in total. The van der Waals surface area contributed by atoms with E-state index in [0.717, 1.165) is 17.0 Å². The summed E-state index contributed by atoms with van der Waals surface area (Å²) in [5, 5.41) is 4.65. The Hall–Kier alpha value is -2.35. The highest BCUT2D eigenvalue weighted by Crippen LogP contribution is 2.28. The molecule has 0 unspecified atom stereocenters. The molecular weight excluding hydrogens is 352 g/mol. The summed E-state index contributed by atoms with van der Waals surface area (Å²) in [5.41, 5.74) is 7.83. The predicted octanol–water partition coefficient (Wildman–Crippen LogP) is 2.32. The largest absolute Gasteiger partial charge is 0.369 e. The van der Waals surface area contributed by atoms with E-state index in [1.54, 1.807) is 23.2 Å². The molecule has 0 aromatic carbocycles. The number of primary amides is 1. The van der Waals surface area contributed by atoms with Gasteiger partial charge in [-0.15, -0.1) is 11.8 Å². The molecule has 1 aliphatic rings. The lowest BCUT2D eigenvalue weighted by Crippen LogP contribution is -2.41. The van der Waals surface area contributed by atoms with Crippen LogP contribution in [0.2, 0.25) is 0 Å². The summed E-state index contributed by atoms with van der Waals surface area (Å²) in [6.45, 7) is 4.85. The van der Waals surface area contributed by atoms with Gasteiger partial charge in [-0.2, -0.15) is 0 Å². The van der Waals surface area contributed by atoms with Crippen LogP contribution in [0.5, 0.6) is 0 Å². The fourth-order valence-electron chi connectivity index (χ4n) is 3.05. The maximum absolute atomic E-state index is 12.9. The highest BCUT2D eigenvalue weighted by Gasteiger charge is 2.27. The van der Waals surface area contributed by atoms with Gasteiger partial charge < -0.3 is 15.2 Å². The molecule has 1 saturated heterocycles. The van der Waals surface area contributed by atoms with Crippen LogP contribution < -0.4 is 5.73 Å². The van der Waals surface area contributed by atoms with Crippen LogP contribution in [-0.2, 0) is 10.5 Å². The number of pyridine rings is 1. The number of aryl methyl sites for hydroxylation is 2. The monoisotopic (exact) mass is 374 g/mol. The van der Waals surface area contributed by atoms with E-state index in [4.69, 9.17) is 10.3 Å². The van der Waals surface area contributed by atoms with Crippen LogP contribution in [0.4, 0.5) is 0 Å². The van der Waals surface area contributed by atoms with Gasteiger partial charge in [0.25, 0.3) is 5.91 Å². The molecule has 0 saturated carbocycles. The smallest absolute Gasteiger partial charge is 0.256 e. The molecule has 0 radical (unpaired) electrons. The molecule has 2 aromatic heterocycles. The van der Waals surface area contributed by atoms with Crippen molar-refractivity contribution in [2.45, 2.75) is 37.5 Å². The van der Waals surface area contributed by atoms with Crippen LogP contribution in [0.1, 0.15) is 40.2 Å². The molecule has 1 fully saturated rings. The molecule has 8 heteroatoms. The number of hydrogen-bond donors (Lipinski definition) is 1. The number of carbonyl (C=O) groups excluding carboxylic acids is 2. The summed E-state index contributed by atoms with van der Waals surface area (Å²) < 4.78 is 5.19. The Morgan fingerprint density at radius 3 is 2.69 bits per heavy atom. The number of nitrogens with zero attached hydrogens (tertiary/aromatic N) is 3. The molecule has 2 N–H and O–H groups in total. The van der Waals surface area contributed by atoms with Gasteiger partial charge in [-0.3, -0.25) is 9.59 Å². The first-order valence-corrected chi connectivity index (χ1v) is 9.54. The summed E-state index contributed by atoms with van der Waals surface area (Å²) in [6, 6.07) is 3.56. The van der Waals surface area contributed by atoms with Crippen molar-refractivity contribution in [1.29, 1.82) is 0 Å². The van der Waals surface area contributed by atoms with E-state index in [0.29, 0.717) is 42.3 Å². The van der Waals surface area contributed by atoms with Gasteiger partial charge in [0, 0.05) is 36.5 Å². The van der Waals surface area contributed by atoms with E-state index >= 15 is 0 Å². The van der Waals surface area contributed by atoms with Gasteiger partial charge >= 0.3 is 0 Å². The third kappa shape index (κ3) is 3.90. The lowest BCUT2D eigenvalue weighted by atomic mass is 9.96. The van der Waals surface area contributed by atoms with Crippen molar-refractivity contribution >= 4 is 23.6 Å². The van der Waals surface area contributed by atoms with Gasteiger partial charge in [-0.05, 0) is 38.8 Å². The number of nitrogens with two attached hydrogens (primary N) is 1. The molecule has 3 heterocycles. The number of thioether (sulfide) groups is 1. The highest BCUT2D eigenvalue weighted by molar-refractivity contribution is 7.98. The summed E-state index contributed by atoms with van der Waals surface area (Å²) in [4.78, 5) is 30.4. The van der Waals surface area contributed by atoms with Gasteiger partial charge in [0.05, 0.1) is 11.3 Å². The van der Waals surface area contributed by atoms with Crippen LogP contribution in [0, 0.1) is 19.8 Å². The van der Waals surface area contributed by atoms with E-state index in [-0.39, 0.29) is 17.7 Å². The number of rotatable bonds is 5. The first kappa shape index (κ1) is 18.4. The molecule has 0 bridgehead atoms. The van der Waals surface area contributed by atoms with Gasteiger partial charge in [-0.1, -0.05) is 5.16 Å². The van der Waals surface area contributed by atoms with Crippen molar-refractivity contribution in [3.8, 4) is 0 Å². The lowest BCUT2D eigenvalue weighted by Gasteiger charge is -2.30. The zero-order chi connectivity index (χ0) is 18.7. The second-order valence-corrected chi connectivity index (χ2v) is 7.38. The molecule has 2 aromatic rings. The lowest BCUT2D eigenvalue weighted by molar-refractivity contribution is -0.123. The average molecular weight is 374 g/mol. The molecule has 3 rings (SSSR count). The van der Waals surface area contributed by atoms with E-state index in [1.807, 2.05) is 13.8 Å². The number of piperidine rings is 1. The Labute approximate surface area is 156 Å². The van der Waals surface area contributed by atoms with E-state index in [2.05, 4.69) is 10.1 Å². The molecule has 0 spiro atoms. The fraction of sp³-hybridized carbons (Fsp3) is 0.444. The SMILES string of the molecule is Cc1noc(C)c1CSc1ncccc1C(=O)N1CCC(C(N)=O)CC1. The Morgan fingerprint density at radius 2 is 2.08 bits per heavy atom. The minimum Gasteiger partial charge on any atom is -0.369 e. The number of aromatic nitrogens is 2. The molecule has 1 aliphatic heterocycles. The standard InChI is InChI=1S/C18H22N4O3S/c1-11-15(12(2)25-21-11)10-26-17-14(4-3-7-20-17)18(24)22-8-5-13(6-9-22)16(19)23/h3-4,7,13H,5-6,8-10H2,1-2H3,(H2,19,23). The second-order valence-electron chi connectivity index (χ2n) is 6.42. The fourth-order valence-corrected chi connectivity index (χ4v) is 4.19. The Balaban J connectivity index is 1.71. The third-order valence-corrected chi connectivity index (χ3v) is 5.75. The summed E-state index contributed by atoms with van der Waals surface area (Å²) in [5.74, 6) is 0.951. The normalized spacial score (nSPS) is 15.2. The summed E-state index contributed by atoms with van der Waals surface area (Å²) in [7, 11) is 0. The van der Waals surface area contributed by atoms with Gasteiger partial charge in [0.2, 0.25) is 5.91 Å². The van der Waals surface area contributed by atoms with Crippen LogP contribution in [0.15, 0.2) is 27.9 Å². The first-order valence-electron chi connectivity index (χ1n) is 8.55. The number of amides is 2. The second kappa shape index (κ2) is 7.90. The van der Waals surface area contributed by atoms with Crippen molar-refractivity contribution in [3.63, 3.8) is 0 Å². The zero-order valence-corrected chi connectivity index (χ0v) is 15.7.